The molecule has 0 unspecified atom stereocenters. The van der Waals surface area contributed by atoms with E-state index in [-0.39, 0.29) is 0 Å². The molecule has 3 nitrogen and oxygen atoms in total. The van der Waals surface area contributed by atoms with Crippen molar-refractivity contribution in [2.24, 2.45) is 5.73 Å². The highest BCUT2D eigenvalue weighted by molar-refractivity contribution is 7.98. The molecule has 2 N–H and O–H groups in total. The van der Waals surface area contributed by atoms with Crippen molar-refractivity contribution in [2.45, 2.75) is 37.5 Å². The van der Waals surface area contributed by atoms with Crippen molar-refractivity contribution in [3.8, 4) is 0 Å². The molecule has 1 aliphatic heterocycles. The van der Waals surface area contributed by atoms with E-state index in [1.807, 2.05) is 11.8 Å². The van der Waals surface area contributed by atoms with E-state index in [9.17, 15) is 0 Å². The van der Waals surface area contributed by atoms with Crippen molar-refractivity contribution in [3.05, 3.63) is 17.2 Å². The SMILES string of the molecule is NCCc1nc2c(n1C1CC1)CCSC2. The first kappa shape index (κ1) is 9.73. The van der Waals surface area contributed by atoms with Gasteiger partial charge in [0.2, 0.25) is 0 Å². The smallest absolute Gasteiger partial charge is 0.110 e. The molecule has 1 aromatic rings. The van der Waals surface area contributed by atoms with Crippen LogP contribution in [0.2, 0.25) is 0 Å². The first-order valence-electron chi connectivity index (χ1n) is 5.77. The number of aromatic nitrogens is 2. The first-order chi connectivity index (χ1) is 7.40. The molecular formula is C11H17N3S. The molecule has 0 bridgehead atoms. The molecule has 2 aliphatic rings. The summed E-state index contributed by atoms with van der Waals surface area (Å²) >= 11 is 2.00. The Morgan fingerprint density at radius 2 is 2.33 bits per heavy atom. The van der Waals surface area contributed by atoms with Crippen LogP contribution in [0.3, 0.4) is 0 Å². The minimum absolute atomic E-state index is 0.718. The third-order valence-corrected chi connectivity index (χ3v) is 4.14. The van der Waals surface area contributed by atoms with Gasteiger partial charge in [-0.3, -0.25) is 0 Å². The molecule has 4 heteroatoms. The third-order valence-electron chi connectivity index (χ3n) is 3.17. The summed E-state index contributed by atoms with van der Waals surface area (Å²) in [7, 11) is 0. The van der Waals surface area contributed by atoms with Crippen molar-refractivity contribution in [1.82, 2.24) is 9.55 Å². The number of nitrogens with zero attached hydrogens (tertiary/aromatic N) is 2. The maximum atomic E-state index is 5.65. The van der Waals surface area contributed by atoms with E-state index in [1.54, 1.807) is 0 Å². The van der Waals surface area contributed by atoms with Gasteiger partial charge in [0.15, 0.2) is 0 Å². The Bertz CT molecular complexity index is 368. The molecule has 1 aliphatic carbocycles. The molecule has 0 amide bonds. The monoisotopic (exact) mass is 223 g/mol. The van der Waals surface area contributed by atoms with Gasteiger partial charge in [-0.2, -0.15) is 11.8 Å². The number of rotatable bonds is 3. The average Bonchev–Trinajstić information content (AvgIpc) is 3.01. The van der Waals surface area contributed by atoms with Gasteiger partial charge in [0.25, 0.3) is 0 Å². The lowest BCUT2D eigenvalue weighted by atomic mass is 10.2. The number of hydrogen-bond donors (Lipinski definition) is 1. The van der Waals surface area contributed by atoms with E-state index in [0.717, 1.165) is 24.8 Å². The Morgan fingerprint density at radius 3 is 3.07 bits per heavy atom. The third kappa shape index (κ3) is 1.70. The van der Waals surface area contributed by atoms with Crippen LogP contribution >= 0.6 is 11.8 Å². The summed E-state index contributed by atoms with van der Waals surface area (Å²) in [6.45, 7) is 0.718. The Labute approximate surface area is 94.4 Å². The number of imidazole rings is 1. The maximum Gasteiger partial charge on any atom is 0.110 e. The highest BCUT2D eigenvalue weighted by Crippen LogP contribution is 2.39. The topological polar surface area (TPSA) is 43.8 Å². The standard InChI is InChI=1S/C11H17N3S/c12-5-3-11-13-9-7-15-6-4-10(9)14(11)8-1-2-8/h8H,1-7,12H2. The van der Waals surface area contributed by atoms with Gasteiger partial charge in [0.1, 0.15) is 5.82 Å². The normalized spacial score (nSPS) is 20.3. The van der Waals surface area contributed by atoms with Crippen LogP contribution in [0, 0.1) is 0 Å². The van der Waals surface area contributed by atoms with E-state index in [2.05, 4.69) is 4.57 Å². The molecule has 1 fully saturated rings. The zero-order valence-electron chi connectivity index (χ0n) is 8.91. The summed E-state index contributed by atoms with van der Waals surface area (Å²) in [5.41, 5.74) is 8.50. The maximum absolute atomic E-state index is 5.65. The van der Waals surface area contributed by atoms with Crippen LogP contribution in [0.25, 0.3) is 0 Å². The zero-order chi connectivity index (χ0) is 10.3. The van der Waals surface area contributed by atoms with Gasteiger partial charge >= 0.3 is 0 Å². The number of thioether (sulfide) groups is 1. The van der Waals surface area contributed by atoms with Crippen molar-refractivity contribution in [2.75, 3.05) is 12.3 Å². The fourth-order valence-electron chi connectivity index (χ4n) is 2.36. The quantitative estimate of drug-likeness (QED) is 0.844. The van der Waals surface area contributed by atoms with Crippen molar-refractivity contribution < 1.29 is 0 Å². The molecule has 1 saturated carbocycles. The second-order valence-corrected chi connectivity index (χ2v) is 5.47. The highest BCUT2D eigenvalue weighted by atomic mass is 32.2. The van der Waals surface area contributed by atoms with Crippen molar-refractivity contribution >= 4 is 11.8 Å². The highest BCUT2D eigenvalue weighted by Gasteiger charge is 2.30. The molecule has 15 heavy (non-hydrogen) atoms. The first-order valence-corrected chi connectivity index (χ1v) is 6.92. The number of hydrogen-bond acceptors (Lipinski definition) is 3. The minimum atomic E-state index is 0.718. The number of nitrogens with two attached hydrogens (primary N) is 1. The molecule has 0 saturated heterocycles. The summed E-state index contributed by atoms with van der Waals surface area (Å²) in [6.07, 6.45) is 4.82. The summed E-state index contributed by atoms with van der Waals surface area (Å²) in [6, 6.07) is 0.755. The van der Waals surface area contributed by atoms with Crippen LogP contribution in [0.15, 0.2) is 0 Å². The molecule has 2 heterocycles. The Kier molecular flexibility index (Phi) is 2.48. The van der Waals surface area contributed by atoms with Crippen LogP contribution in [-0.4, -0.2) is 21.8 Å². The fourth-order valence-corrected chi connectivity index (χ4v) is 3.26. The molecule has 0 spiro atoms. The van der Waals surface area contributed by atoms with Gasteiger partial charge in [-0.1, -0.05) is 0 Å². The van der Waals surface area contributed by atoms with Crippen molar-refractivity contribution in [1.29, 1.82) is 0 Å². The van der Waals surface area contributed by atoms with Crippen LogP contribution in [-0.2, 0) is 18.6 Å². The lowest BCUT2D eigenvalue weighted by Crippen LogP contribution is -2.12. The Balaban J connectivity index is 2.01. The minimum Gasteiger partial charge on any atom is -0.330 e. The van der Waals surface area contributed by atoms with Gasteiger partial charge in [0, 0.05) is 23.9 Å². The van der Waals surface area contributed by atoms with Crippen LogP contribution < -0.4 is 5.73 Å². The number of fused-ring (bicyclic) bond motifs is 1. The van der Waals surface area contributed by atoms with E-state index >= 15 is 0 Å². The van der Waals surface area contributed by atoms with Crippen molar-refractivity contribution in [3.63, 3.8) is 0 Å². The van der Waals surface area contributed by atoms with Gasteiger partial charge in [-0.05, 0) is 31.6 Å². The van der Waals surface area contributed by atoms with Crippen LogP contribution in [0.5, 0.6) is 0 Å². The average molecular weight is 223 g/mol. The predicted octanol–water partition coefficient (Wildman–Crippen LogP) is 1.51. The zero-order valence-corrected chi connectivity index (χ0v) is 9.72. The van der Waals surface area contributed by atoms with Gasteiger partial charge in [-0.25, -0.2) is 4.98 Å². The van der Waals surface area contributed by atoms with Crippen LogP contribution in [0.1, 0.15) is 36.1 Å². The second-order valence-electron chi connectivity index (χ2n) is 4.36. The second kappa shape index (κ2) is 3.83. The predicted molar refractivity (Wildman–Crippen MR) is 63.1 cm³/mol. The molecule has 0 atom stereocenters. The Morgan fingerprint density at radius 1 is 1.47 bits per heavy atom. The molecule has 3 rings (SSSR count). The van der Waals surface area contributed by atoms with Gasteiger partial charge in [-0.15, -0.1) is 0 Å². The summed E-state index contributed by atoms with van der Waals surface area (Å²) in [4.78, 5) is 4.76. The summed E-state index contributed by atoms with van der Waals surface area (Å²) in [5.74, 6) is 3.60. The lowest BCUT2D eigenvalue weighted by molar-refractivity contribution is 0.647. The van der Waals surface area contributed by atoms with Gasteiger partial charge in [0.05, 0.1) is 5.69 Å². The fraction of sp³-hybridized carbons (Fsp3) is 0.727. The van der Waals surface area contributed by atoms with E-state index in [1.165, 1.54) is 42.2 Å². The molecule has 1 aromatic heterocycles. The molecule has 0 radical (unpaired) electrons. The molecule has 82 valence electrons. The largest absolute Gasteiger partial charge is 0.330 e. The molecule has 0 aromatic carbocycles. The van der Waals surface area contributed by atoms with E-state index in [4.69, 9.17) is 10.7 Å². The van der Waals surface area contributed by atoms with Crippen LogP contribution in [0.4, 0.5) is 0 Å². The molecular weight excluding hydrogens is 206 g/mol. The summed E-state index contributed by atoms with van der Waals surface area (Å²) < 4.78 is 2.50. The summed E-state index contributed by atoms with van der Waals surface area (Å²) in [5, 5.41) is 0. The van der Waals surface area contributed by atoms with Gasteiger partial charge < -0.3 is 10.3 Å². The lowest BCUT2D eigenvalue weighted by Gasteiger charge is -2.14. The Hall–Kier alpha value is -0.480. The van der Waals surface area contributed by atoms with E-state index < -0.39 is 0 Å². The van der Waals surface area contributed by atoms with E-state index in [0.29, 0.717) is 0 Å².